The number of anilines is 1. The van der Waals surface area contributed by atoms with Crippen molar-refractivity contribution in [2.75, 3.05) is 5.43 Å². The highest BCUT2D eigenvalue weighted by Gasteiger charge is 2.09. The second kappa shape index (κ2) is 4.19. The number of aryl methyl sites for hydroxylation is 2. The molecule has 0 radical (unpaired) electrons. The van der Waals surface area contributed by atoms with Crippen LogP contribution in [0.25, 0.3) is 10.7 Å². The summed E-state index contributed by atoms with van der Waals surface area (Å²) in [6.07, 6.45) is 0. The lowest BCUT2D eigenvalue weighted by atomic mass is 10.2. The first-order chi connectivity index (χ1) is 7.61. The Bertz CT molecular complexity index is 519. The molecule has 2 aromatic heterocycles. The van der Waals surface area contributed by atoms with Gasteiger partial charge in [0.05, 0.1) is 4.88 Å². The van der Waals surface area contributed by atoms with Crippen LogP contribution in [0.15, 0.2) is 12.1 Å². The van der Waals surface area contributed by atoms with Crippen LogP contribution in [-0.2, 0) is 0 Å². The van der Waals surface area contributed by atoms with E-state index in [0.29, 0.717) is 5.82 Å². The Kier molecular flexibility index (Phi) is 2.89. The van der Waals surface area contributed by atoms with E-state index in [1.807, 2.05) is 19.9 Å². The fraction of sp³-hybridized carbons (Fsp3) is 0.273. The van der Waals surface area contributed by atoms with Gasteiger partial charge in [-0.1, -0.05) is 0 Å². The van der Waals surface area contributed by atoms with E-state index in [1.165, 1.54) is 4.88 Å². The molecule has 0 aromatic carbocycles. The smallest absolute Gasteiger partial charge is 0.171 e. The molecule has 0 saturated heterocycles. The number of aromatic nitrogens is 2. The lowest BCUT2D eigenvalue weighted by Crippen LogP contribution is -2.12. The van der Waals surface area contributed by atoms with E-state index in [1.54, 1.807) is 11.3 Å². The maximum absolute atomic E-state index is 5.43. The number of hydrogen-bond donors (Lipinski definition) is 2. The van der Waals surface area contributed by atoms with E-state index in [4.69, 9.17) is 5.84 Å². The van der Waals surface area contributed by atoms with Gasteiger partial charge in [0.2, 0.25) is 0 Å². The number of nitrogen functional groups attached to an aromatic ring is 1. The van der Waals surface area contributed by atoms with Gasteiger partial charge in [-0.15, -0.1) is 11.3 Å². The van der Waals surface area contributed by atoms with Gasteiger partial charge in [-0.3, -0.25) is 0 Å². The van der Waals surface area contributed by atoms with Gasteiger partial charge in [0.15, 0.2) is 5.82 Å². The van der Waals surface area contributed by atoms with Crippen LogP contribution in [0.5, 0.6) is 0 Å². The van der Waals surface area contributed by atoms with E-state index in [0.717, 1.165) is 22.0 Å². The zero-order chi connectivity index (χ0) is 11.7. The molecule has 0 atom stereocenters. The molecular weight excluding hydrogens is 220 g/mol. The van der Waals surface area contributed by atoms with Crippen molar-refractivity contribution in [3.05, 3.63) is 28.3 Å². The first kappa shape index (κ1) is 11.0. The van der Waals surface area contributed by atoms with Crippen molar-refractivity contribution in [3.8, 4) is 10.7 Å². The Balaban J connectivity index is 2.54. The highest BCUT2D eigenvalue weighted by Crippen LogP contribution is 2.27. The van der Waals surface area contributed by atoms with Gasteiger partial charge in [-0.25, -0.2) is 15.8 Å². The van der Waals surface area contributed by atoms with E-state index < -0.39 is 0 Å². The molecule has 84 valence electrons. The quantitative estimate of drug-likeness (QED) is 0.618. The Morgan fingerprint density at radius 3 is 2.50 bits per heavy atom. The highest BCUT2D eigenvalue weighted by molar-refractivity contribution is 7.15. The first-order valence-electron chi connectivity index (χ1n) is 5.00. The van der Waals surface area contributed by atoms with Gasteiger partial charge in [0, 0.05) is 16.1 Å². The molecule has 0 unspecified atom stereocenters. The summed E-state index contributed by atoms with van der Waals surface area (Å²) < 4.78 is 0. The maximum atomic E-state index is 5.43. The number of rotatable bonds is 2. The number of nitrogens with one attached hydrogen (secondary N) is 1. The third-order valence-electron chi connectivity index (χ3n) is 2.49. The van der Waals surface area contributed by atoms with Crippen molar-refractivity contribution < 1.29 is 0 Å². The van der Waals surface area contributed by atoms with Crippen LogP contribution in [-0.4, -0.2) is 9.97 Å². The Morgan fingerprint density at radius 2 is 1.94 bits per heavy atom. The Hall–Kier alpha value is -1.46. The van der Waals surface area contributed by atoms with E-state index >= 15 is 0 Å². The second-order valence-corrected chi connectivity index (χ2v) is 4.95. The molecule has 2 rings (SSSR count). The van der Waals surface area contributed by atoms with Gasteiger partial charge in [-0.2, -0.15) is 0 Å². The molecule has 0 aliphatic rings. The molecule has 3 N–H and O–H groups in total. The van der Waals surface area contributed by atoms with Gasteiger partial charge in [-0.05, 0) is 32.9 Å². The molecule has 0 amide bonds. The Labute approximate surface area is 98.5 Å². The predicted molar refractivity (Wildman–Crippen MR) is 67.4 cm³/mol. The second-order valence-electron chi connectivity index (χ2n) is 3.66. The standard InChI is InChI=1S/C11H14N4S/c1-6-4-5-9(16-6)11-13-8(3)7(2)10(14-11)15-12/h4-5H,12H2,1-3H3,(H,13,14,15). The summed E-state index contributed by atoms with van der Waals surface area (Å²) in [5, 5.41) is 0. The fourth-order valence-electron chi connectivity index (χ4n) is 1.43. The molecule has 2 heterocycles. The normalized spacial score (nSPS) is 10.5. The minimum Gasteiger partial charge on any atom is -0.308 e. The lowest BCUT2D eigenvalue weighted by molar-refractivity contribution is 1.06. The molecule has 0 saturated carbocycles. The van der Waals surface area contributed by atoms with Crippen LogP contribution in [0, 0.1) is 20.8 Å². The van der Waals surface area contributed by atoms with Crippen molar-refractivity contribution in [1.29, 1.82) is 0 Å². The molecular formula is C11H14N4S. The molecule has 0 spiro atoms. The molecule has 4 nitrogen and oxygen atoms in total. The Morgan fingerprint density at radius 1 is 1.19 bits per heavy atom. The van der Waals surface area contributed by atoms with Gasteiger partial charge >= 0.3 is 0 Å². The zero-order valence-electron chi connectivity index (χ0n) is 9.53. The van der Waals surface area contributed by atoms with Crippen LogP contribution in [0.4, 0.5) is 5.82 Å². The third-order valence-corrected chi connectivity index (χ3v) is 3.48. The summed E-state index contributed by atoms with van der Waals surface area (Å²) >= 11 is 1.68. The van der Waals surface area contributed by atoms with Crippen molar-refractivity contribution in [2.24, 2.45) is 5.84 Å². The van der Waals surface area contributed by atoms with Gasteiger partial charge < -0.3 is 5.43 Å². The maximum Gasteiger partial charge on any atom is 0.171 e. The molecule has 5 heteroatoms. The average Bonchev–Trinajstić information content (AvgIpc) is 2.69. The summed E-state index contributed by atoms with van der Waals surface area (Å²) in [5.74, 6) is 6.85. The summed E-state index contributed by atoms with van der Waals surface area (Å²) in [6, 6.07) is 4.10. The molecule has 16 heavy (non-hydrogen) atoms. The van der Waals surface area contributed by atoms with Crippen LogP contribution in [0.3, 0.4) is 0 Å². The minimum absolute atomic E-state index is 0.688. The largest absolute Gasteiger partial charge is 0.308 e. The van der Waals surface area contributed by atoms with E-state index in [-0.39, 0.29) is 0 Å². The summed E-state index contributed by atoms with van der Waals surface area (Å²) in [7, 11) is 0. The first-order valence-corrected chi connectivity index (χ1v) is 5.82. The summed E-state index contributed by atoms with van der Waals surface area (Å²) in [5.41, 5.74) is 4.54. The highest BCUT2D eigenvalue weighted by atomic mass is 32.1. The van der Waals surface area contributed by atoms with Crippen LogP contribution in [0.2, 0.25) is 0 Å². The number of thiophene rings is 1. The molecule has 0 aliphatic carbocycles. The number of nitrogens with zero attached hydrogens (tertiary/aromatic N) is 2. The molecule has 0 bridgehead atoms. The fourth-order valence-corrected chi connectivity index (χ4v) is 2.24. The van der Waals surface area contributed by atoms with Crippen molar-refractivity contribution in [2.45, 2.75) is 20.8 Å². The third kappa shape index (κ3) is 1.91. The summed E-state index contributed by atoms with van der Waals surface area (Å²) in [4.78, 5) is 11.2. The van der Waals surface area contributed by atoms with Crippen LogP contribution in [0.1, 0.15) is 16.1 Å². The number of hydrogen-bond acceptors (Lipinski definition) is 5. The minimum atomic E-state index is 0.688. The number of hydrazine groups is 1. The molecule has 0 aliphatic heterocycles. The van der Waals surface area contributed by atoms with E-state index in [2.05, 4.69) is 28.4 Å². The summed E-state index contributed by atoms with van der Waals surface area (Å²) in [6.45, 7) is 5.98. The monoisotopic (exact) mass is 234 g/mol. The van der Waals surface area contributed by atoms with Gasteiger partial charge in [0.1, 0.15) is 5.82 Å². The van der Waals surface area contributed by atoms with Crippen molar-refractivity contribution in [1.82, 2.24) is 9.97 Å². The molecule has 0 fully saturated rings. The predicted octanol–water partition coefficient (Wildman–Crippen LogP) is 2.42. The SMILES string of the molecule is Cc1ccc(-c2nc(C)c(C)c(NN)n2)s1. The molecule has 2 aromatic rings. The average molecular weight is 234 g/mol. The number of nitrogens with two attached hydrogens (primary N) is 1. The van der Waals surface area contributed by atoms with Crippen molar-refractivity contribution >= 4 is 17.2 Å². The van der Waals surface area contributed by atoms with Crippen molar-refractivity contribution in [3.63, 3.8) is 0 Å². The van der Waals surface area contributed by atoms with Crippen LogP contribution >= 0.6 is 11.3 Å². The lowest BCUT2D eigenvalue weighted by Gasteiger charge is -2.08. The van der Waals surface area contributed by atoms with Crippen LogP contribution < -0.4 is 11.3 Å². The van der Waals surface area contributed by atoms with E-state index in [9.17, 15) is 0 Å². The van der Waals surface area contributed by atoms with Gasteiger partial charge in [0.25, 0.3) is 0 Å². The topological polar surface area (TPSA) is 63.8 Å². The zero-order valence-corrected chi connectivity index (χ0v) is 10.4.